The summed E-state index contributed by atoms with van der Waals surface area (Å²) in [6.45, 7) is 0. The van der Waals surface area contributed by atoms with Gasteiger partial charge in [0.1, 0.15) is 16.5 Å². The Morgan fingerprint density at radius 1 is 1.10 bits per heavy atom. The number of hydrogen-bond donors (Lipinski definition) is 1. The van der Waals surface area contributed by atoms with Crippen molar-refractivity contribution in [1.82, 2.24) is 0 Å². The molecule has 0 saturated heterocycles. The van der Waals surface area contributed by atoms with Gasteiger partial charge in [-0.1, -0.05) is 22.0 Å². The lowest BCUT2D eigenvalue weighted by Crippen LogP contribution is -2.17. The smallest absolute Gasteiger partial charge is 0.220 e. The van der Waals surface area contributed by atoms with Crippen molar-refractivity contribution in [2.24, 2.45) is 0 Å². The monoisotopic (exact) mass is 371 g/mol. The molecule has 1 unspecified atom stereocenters. The van der Waals surface area contributed by atoms with Crippen molar-refractivity contribution in [3.8, 4) is 0 Å². The van der Waals surface area contributed by atoms with Crippen LogP contribution >= 0.6 is 15.9 Å². The molecule has 0 fully saturated rings. The van der Waals surface area contributed by atoms with Crippen LogP contribution in [0.4, 0.5) is 14.5 Å². The van der Waals surface area contributed by atoms with Crippen LogP contribution < -0.4 is 5.32 Å². The van der Waals surface area contributed by atoms with Gasteiger partial charge in [-0.15, -0.1) is 0 Å². The molecule has 1 N–H and O–H groups in total. The Balaban J connectivity index is 2.26. The summed E-state index contributed by atoms with van der Waals surface area (Å²) in [6, 6.07) is 7.35. The molecule has 1 atom stereocenters. The van der Waals surface area contributed by atoms with Crippen LogP contribution in [-0.2, 0) is 10.3 Å². The Kier molecular flexibility index (Phi) is 3.54. The molecule has 7 heteroatoms. The van der Waals surface area contributed by atoms with Gasteiger partial charge in [0.05, 0.1) is 11.6 Å². The van der Waals surface area contributed by atoms with Gasteiger partial charge in [-0.05, 0) is 30.3 Å². The Bertz CT molecular complexity index is 852. The molecule has 0 aliphatic carbocycles. The van der Waals surface area contributed by atoms with Crippen molar-refractivity contribution in [3.63, 3.8) is 0 Å². The zero-order valence-corrected chi connectivity index (χ0v) is 12.8. The normalized spacial score (nSPS) is 16.5. The molecule has 1 heterocycles. The first kappa shape index (κ1) is 14.2. The second-order valence-electron chi connectivity index (χ2n) is 4.50. The van der Waals surface area contributed by atoms with E-state index >= 15 is 0 Å². The largest absolute Gasteiger partial charge is 0.372 e. The molecule has 0 amide bonds. The Labute approximate surface area is 129 Å². The van der Waals surface area contributed by atoms with Crippen LogP contribution in [0.1, 0.15) is 17.2 Å². The topological polar surface area (TPSA) is 46.2 Å². The molecule has 1 aliphatic rings. The number of halogens is 3. The molecule has 1 aliphatic heterocycles. The Hall–Kier alpha value is -1.73. The van der Waals surface area contributed by atoms with Gasteiger partial charge in [0.2, 0.25) is 10.3 Å². The summed E-state index contributed by atoms with van der Waals surface area (Å²) in [7, 11) is -2.61. The highest BCUT2D eigenvalue weighted by atomic mass is 79.9. The summed E-state index contributed by atoms with van der Waals surface area (Å²) in [6.07, 6.45) is 0. The average molecular weight is 372 g/mol. The van der Waals surface area contributed by atoms with Gasteiger partial charge in [-0.3, -0.25) is 0 Å². The van der Waals surface area contributed by atoms with E-state index in [9.17, 15) is 17.2 Å². The van der Waals surface area contributed by atoms with Crippen molar-refractivity contribution >= 4 is 36.8 Å². The number of rotatable bonds is 1. The Morgan fingerprint density at radius 3 is 2.38 bits per heavy atom. The van der Waals surface area contributed by atoms with Gasteiger partial charge >= 0.3 is 0 Å². The number of benzene rings is 2. The van der Waals surface area contributed by atoms with Crippen LogP contribution in [0.5, 0.6) is 0 Å². The average Bonchev–Trinajstić information content (AvgIpc) is 2.76. The molecule has 0 aromatic heterocycles. The molecule has 108 valence electrons. The minimum atomic E-state index is -2.61. The van der Waals surface area contributed by atoms with E-state index in [1.54, 1.807) is 18.2 Å². The molecule has 3 nitrogen and oxygen atoms in total. The molecule has 2 aromatic rings. The lowest BCUT2D eigenvalue weighted by molar-refractivity contribution is 0.556. The molecule has 0 bridgehead atoms. The number of fused-ring (bicyclic) bond motifs is 1. The van der Waals surface area contributed by atoms with E-state index in [-0.39, 0.29) is 10.4 Å². The molecule has 0 saturated carbocycles. The summed E-state index contributed by atoms with van der Waals surface area (Å²) >= 11 is 3.26. The zero-order chi connectivity index (χ0) is 15.1. The quantitative estimate of drug-likeness (QED) is 0.782. The van der Waals surface area contributed by atoms with Crippen molar-refractivity contribution in [3.05, 3.63) is 63.6 Å². The van der Waals surface area contributed by atoms with E-state index in [1.807, 2.05) is 0 Å². The van der Waals surface area contributed by atoms with E-state index in [0.717, 1.165) is 12.1 Å². The van der Waals surface area contributed by atoms with Crippen molar-refractivity contribution in [2.45, 2.75) is 6.04 Å². The van der Waals surface area contributed by atoms with Gasteiger partial charge in [0.15, 0.2) is 0 Å². The lowest BCUT2D eigenvalue weighted by Gasteiger charge is -2.13. The minimum absolute atomic E-state index is 0.0738. The highest BCUT2D eigenvalue weighted by Gasteiger charge is 2.34. The third kappa shape index (κ3) is 2.36. The lowest BCUT2D eigenvalue weighted by atomic mass is 10.0. The summed E-state index contributed by atoms with van der Waals surface area (Å²) < 4.78 is 51.6. The molecular weight excluding hydrogens is 364 g/mol. The van der Waals surface area contributed by atoms with Crippen molar-refractivity contribution in [2.75, 3.05) is 5.32 Å². The maximum Gasteiger partial charge on any atom is 0.220 e. The highest BCUT2D eigenvalue weighted by molar-refractivity contribution is 9.10. The SMILES string of the molecule is O=S(=O)=C1c2cc(Br)ccc2NC1c1c(F)cccc1F. The van der Waals surface area contributed by atoms with Crippen molar-refractivity contribution in [1.29, 1.82) is 0 Å². The fourth-order valence-corrected chi connectivity index (χ4v) is 3.48. The van der Waals surface area contributed by atoms with E-state index in [4.69, 9.17) is 0 Å². The molecule has 3 rings (SSSR count). The van der Waals surface area contributed by atoms with Gasteiger partial charge in [0, 0.05) is 15.7 Å². The number of hydrogen-bond acceptors (Lipinski definition) is 3. The van der Waals surface area contributed by atoms with Crippen LogP contribution in [0.25, 0.3) is 0 Å². The second-order valence-corrected chi connectivity index (χ2v) is 6.33. The molecule has 2 aromatic carbocycles. The predicted molar refractivity (Wildman–Crippen MR) is 79.9 cm³/mol. The van der Waals surface area contributed by atoms with E-state index in [0.29, 0.717) is 15.7 Å². The summed E-state index contributed by atoms with van der Waals surface area (Å²) in [4.78, 5) is -0.0738. The van der Waals surface area contributed by atoms with Crippen molar-refractivity contribution < 1.29 is 17.2 Å². The van der Waals surface area contributed by atoms with Crippen LogP contribution in [0.2, 0.25) is 0 Å². The minimum Gasteiger partial charge on any atom is -0.372 e. The van der Waals surface area contributed by atoms with Gasteiger partial charge in [0.25, 0.3) is 0 Å². The first-order chi connectivity index (χ1) is 9.99. The summed E-state index contributed by atoms with van der Waals surface area (Å²) in [5.74, 6) is -1.58. The van der Waals surface area contributed by atoms with E-state index in [2.05, 4.69) is 21.2 Å². The van der Waals surface area contributed by atoms with Gasteiger partial charge in [-0.25, -0.2) is 8.78 Å². The number of nitrogens with one attached hydrogen (secondary N) is 1. The third-order valence-corrected chi connectivity index (χ3v) is 4.59. The first-order valence-corrected chi connectivity index (χ1v) is 7.82. The summed E-state index contributed by atoms with van der Waals surface area (Å²) in [5, 5.41) is 2.86. The van der Waals surface area contributed by atoms with Crippen LogP contribution in [-0.4, -0.2) is 13.3 Å². The maximum atomic E-state index is 13.9. The van der Waals surface area contributed by atoms with Gasteiger partial charge < -0.3 is 5.32 Å². The predicted octanol–water partition coefficient (Wildman–Crippen LogP) is 3.29. The van der Waals surface area contributed by atoms with Crippen LogP contribution in [0.15, 0.2) is 40.9 Å². The number of anilines is 1. The Morgan fingerprint density at radius 2 is 1.76 bits per heavy atom. The second kappa shape index (κ2) is 5.23. The van der Waals surface area contributed by atoms with E-state index < -0.39 is 28.0 Å². The molecule has 0 radical (unpaired) electrons. The van der Waals surface area contributed by atoms with Gasteiger partial charge in [-0.2, -0.15) is 8.42 Å². The summed E-state index contributed by atoms with van der Waals surface area (Å²) in [5.41, 5.74) is 0.624. The fourth-order valence-electron chi connectivity index (χ4n) is 2.40. The fraction of sp³-hybridized carbons (Fsp3) is 0.0714. The molecular formula is C14H8BrF2NO2S. The standard InChI is InChI=1S/C14H8BrF2NO2S/c15-7-4-5-11-8(6-7)14(21(19)20)13(18-11)12-9(16)2-1-3-10(12)17/h1-6,13,18H. The zero-order valence-electron chi connectivity index (χ0n) is 10.4. The highest BCUT2D eigenvalue weighted by Crippen LogP contribution is 2.37. The first-order valence-electron chi connectivity index (χ1n) is 5.95. The van der Waals surface area contributed by atoms with E-state index in [1.165, 1.54) is 6.07 Å². The third-order valence-electron chi connectivity index (χ3n) is 3.28. The molecule has 0 spiro atoms. The van der Waals surface area contributed by atoms with Crippen LogP contribution in [0, 0.1) is 11.6 Å². The maximum absolute atomic E-state index is 13.9. The molecule has 21 heavy (non-hydrogen) atoms. The van der Waals surface area contributed by atoms with Crippen LogP contribution in [0.3, 0.4) is 0 Å².